The SMILES string of the molecule is COc1ccc(Cn2c(=O)cc(C)c3cc4c5ccccc5c(=O)n(C)c4c(O)c32)cc1. The molecule has 32 heavy (non-hydrogen) atoms. The summed E-state index contributed by atoms with van der Waals surface area (Å²) in [7, 11) is 3.24. The van der Waals surface area contributed by atoms with Crippen LogP contribution >= 0.6 is 0 Å². The van der Waals surface area contributed by atoms with E-state index in [9.17, 15) is 14.7 Å². The Morgan fingerprint density at radius 1 is 0.875 bits per heavy atom. The Kier molecular flexibility index (Phi) is 4.51. The number of fused-ring (bicyclic) bond motifs is 4. The molecule has 0 saturated carbocycles. The normalized spacial score (nSPS) is 11.5. The van der Waals surface area contributed by atoms with Gasteiger partial charge in [-0.15, -0.1) is 0 Å². The van der Waals surface area contributed by atoms with Crippen LogP contribution in [0.4, 0.5) is 0 Å². The molecule has 0 atom stereocenters. The number of aromatic nitrogens is 2. The maximum atomic E-state index is 13.0. The van der Waals surface area contributed by atoms with Crippen molar-refractivity contribution in [1.29, 1.82) is 0 Å². The number of hydrogen-bond acceptors (Lipinski definition) is 4. The molecule has 0 saturated heterocycles. The molecule has 0 bridgehead atoms. The number of benzene rings is 3. The summed E-state index contributed by atoms with van der Waals surface area (Å²) in [6.07, 6.45) is 0. The van der Waals surface area contributed by atoms with Gasteiger partial charge in [0, 0.05) is 29.3 Å². The summed E-state index contributed by atoms with van der Waals surface area (Å²) in [5.74, 6) is 0.655. The number of phenolic OH excluding ortho intramolecular Hbond substituents is 1. The highest BCUT2D eigenvalue weighted by Gasteiger charge is 2.19. The molecular formula is C26H22N2O4. The summed E-state index contributed by atoms with van der Waals surface area (Å²) < 4.78 is 8.22. The molecule has 0 spiro atoms. The predicted molar refractivity (Wildman–Crippen MR) is 127 cm³/mol. The van der Waals surface area contributed by atoms with Crippen molar-refractivity contribution < 1.29 is 9.84 Å². The molecule has 1 N–H and O–H groups in total. The van der Waals surface area contributed by atoms with E-state index in [0.29, 0.717) is 16.4 Å². The van der Waals surface area contributed by atoms with Crippen LogP contribution in [0.25, 0.3) is 32.6 Å². The van der Waals surface area contributed by atoms with Gasteiger partial charge in [-0.3, -0.25) is 9.59 Å². The van der Waals surface area contributed by atoms with E-state index in [2.05, 4.69) is 0 Å². The van der Waals surface area contributed by atoms with Crippen molar-refractivity contribution in [3.8, 4) is 11.5 Å². The summed E-state index contributed by atoms with van der Waals surface area (Å²) in [6.45, 7) is 2.14. The lowest BCUT2D eigenvalue weighted by Crippen LogP contribution is -2.22. The highest BCUT2D eigenvalue weighted by atomic mass is 16.5. The number of aromatic hydroxyl groups is 1. The average Bonchev–Trinajstić information content (AvgIpc) is 2.80. The van der Waals surface area contributed by atoms with Gasteiger partial charge >= 0.3 is 0 Å². The zero-order valence-corrected chi connectivity index (χ0v) is 18.0. The monoisotopic (exact) mass is 426 g/mol. The maximum absolute atomic E-state index is 13.0. The van der Waals surface area contributed by atoms with E-state index in [-0.39, 0.29) is 23.4 Å². The van der Waals surface area contributed by atoms with E-state index >= 15 is 0 Å². The van der Waals surface area contributed by atoms with E-state index in [0.717, 1.165) is 33.0 Å². The Hall–Kier alpha value is -4.06. The van der Waals surface area contributed by atoms with Crippen LogP contribution in [0.5, 0.6) is 11.5 Å². The number of nitrogens with zero attached hydrogens (tertiary/aromatic N) is 2. The topological polar surface area (TPSA) is 73.5 Å². The van der Waals surface area contributed by atoms with Crippen molar-refractivity contribution >= 4 is 32.6 Å². The number of pyridine rings is 2. The summed E-state index contributed by atoms with van der Waals surface area (Å²) in [6, 6.07) is 18.4. The van der Waals surface area contributed by atoms with Crippen molar-refractivity contribution in [2.24, 2.45) is 7.05 Å². The van der Waals surface area contributed by atoms with Gasteiger partial charge in [-0.2, -0.15) is 0 Å². The van der Waals surface area contributed by atoms with Gasteiger partial charge < -0.3 is 19.0 Å². The van der Waals surface area contributed by atoms with Crippen LogP contribution in [-0.2, 0) is 13.6 Å². The Morgan fingerprint density at radius 2 is 1.56 bits per heavy atom. The minimum absolute atomic E-state index is 0.0721. The largest absolute Gasteiger partial charge is 0.504 e. The fourth-order valence-corrected chi connectivity index (χ4v) is 4.48. The van der Waals surface area contributed by atoms with Crippen LogP contribution in [0.2, 0.25) is 0 Å². The molecule has 5 aromatic rings. The van der Waals surface area contributed by atoms with Crippen LogP contribution < -0.4 is 15.9 Å². The van der Waals surface area contributed by atoms with E-state index < -0.39 is 0 Å². The molecule has 0 fully saturated rings. The highest BCUT2D eigenvalue weighted by Crippen LogP contribution is 2.36. The van der Waals surface area contributed by atoms with Gasteiger partial charge in [0.05, 0.1) is 24.7 Å². The Labute approximate surface area is 183 Å². The zero-order chi connectivity index (χ0) is 22.6. The first-order chi connectivity index (χ1) is 15.4. The molecule has 6 nitrogen and oxygen atoms in total. The first-order valence-electron chi connectivity index (χ1n) is 10.3. The third kappa shape index (κ3) is 2.87. The lowest BCUT2D eigenvalue weighted by molar-refractivity contribution is 0.414. The summed E-state index contributed by atoms with van der Waals surface area (Å²) in [5.41, 5.74) is 2.08. The second-order valence-corrected chi connectivity index (χ2v) is 8.03. The smallest absolute Gasteiger partial charge is 0.258 e. The molecule has 5 rings (SSSR count). The molecule has 2 aromatic heterocycles. The minimum atomic E-state index is -0.216. The van der Waals surface area contributed by atoms with Gasteiger partial charge in [-0.05, 0) is 47.7 Å². The summed E-state index contributed by atoms with van der Waals surface area (Å²) >= 11 is 0. The Morgan fingerprint density at radius 3 is 2.25 bits per heavy atom. The van der Waals surface area contributed by atoms with Gasteiger partial charge in [0.1, 0.15) is 5.75 Å². The first kappa shape index (κ1) is 19.9. The zero-order valence-electron chi connectivity index (χ0n) is 18.0. The standard InChI is InChI=1S/C26H22N2O4/c1-15-12-22(29)28(14-16-8-10-17(32-3)11-9-16)24-20(15)13-21-18-6-4-5-7-19(18)26(31)27(2)23(21)25(24)30/h4-13,30H,14H2,1-3H3. The van der Waals surface area contributed by atoms with Crippen LogP contribution in [0.15, 0.2) is 70.3 Å². The van der Waals surface area contributed by atoms with Crippen LogP contribution in [0.3, 0.4) is 0 Å². The molecule has 0 radical (unpaired) electrons. The number of ether oxygens (including phenoxy) is 1. The van der Waals surface area contributed by atoms with Gasteiger partial charge in [0.25, 0.3) is 11.1 Å². The third-order valence-electron chi connectivity index (χ3n) is 6.14. The molecule has 0 aliphatic carbocycles. The molecule has 0 aliphatic rings. The van der Waals surface area contributed by atoms with E-state index in [1.54, 1.807) is 30.9 Å². The van der Waals surface area contributed by atoms with E-state index in [1.165, 1.54) is 4.57 Å². The number of rotatable bonds is 3. The molecule has 0 amide bonds. The summed E-state index contributed by atoms with van der Waals surface area (Å²) in [4.78, 5) is 26.0. The van der Waals surface area contributed by atoms with Crippen LogP contribution in [0.1, 0.15) is 11.1 Å². The van der Waals surface area contributed by atoms with Crippen molar-refractivity contribution in [3.05, 3.63) is 92.5 Å². The first-order valence-corrected chi connectivity index (χ1v) is 10.3. The highest BCUT2D eigenvalue weighted by molar-refractivity contribution is 6.13. The number of phenols is 1. The quantitative estimate of drug-likeness (QED) is 0.349. The van der Waals surface area contributed by atoms with E-state index in [4.69, 9.17) is 4.74 Å². The van der Waals surface area contributed by atoms with Crippen molar-refractivity contribution in [2.45, 2.75) is 13.5 Å². The average molecular weight is 426 g/mol. The molecule has 160 valence electrons. The fourth-order valence-electron chi connectivity index (χ4n) is 4.48. The maximum Gasteiger partial charge on any atom is 0.258 e. The van der Waals surface area contributed by atoms with E-state index in [1.807, 2.05) is 55.5 Å². The van der Waals surface area contributed by atoms with Crippen LogP contribution in [0, 0.1) is 6.92 Å². The fraction of sp³-hybridized carbons (Fsp3) is 0.154. The lowest BCUT2D eigenvalue weighted by atomic mass is 10.0. The van der Waals surface area contributed by atoms with Gasteiger partial charge in [-0.1, -0.05) is 30.3 Å². The van der Waals surface area contributed by atoms with Crippen molar-refractivity contribution in [3.63, 3.8) is 0 Å². The molecule has 3 aromatic carbocycles. The van der Waals surface area contributed by atoms with Gasteiger partial charge in [-0.25, -0.2) is 0 Å². The Bertz CT molecular complexity index is 1640. The molecule has 0 unspecified atom stereocenters. The summed E-state index contributed by atoms with van der Waals surface area (Å²) in [5, 5.41) is 14.3. The minimum Gasteiger partial charge on any atom is -0.504 e. The number of hydrogen-bond donors (Lipinski definition) is 1. The molecular weight excluding hydrogens is 404 g/mol. The second kappa shape index (κ2) is 7.27. The van der Waals surface area contributed by atoms with Crippen molar-refractivity contribution in [2.75, 3.05) is 7.11 Å². The number of aryl methyl sites for hydroxylation is 2. The number of methoxy groups -OCH3 is 1. The Balaban J connectivity index is 1.89. The predicted octanol–water partition coefficient (Wildman–Crippen LogP) is 4.08. The molecule has 2 heterocycles. The third-order valence-corrected chi connectivity index (χ3v) is 6.14. The molecule has 6 heteroatoms. The molecule has 0 aliphatic heterocycles. The van der Waals surface area contributed by atoms with Gasteiger partial charge in [0.15, 0.2) is 5.75 Å². The van der Waals surface area contributed by atoms with Crippen LogP contribution in [-0.4, -0.2) is 21.4 Å². The van der Waals surface area contributed by atoms with Gasteiger partial charge in [0.2, 0.25) is 0 Å². The second-order valence-electron chi connectivity index (χ2n) is 8.03. The van der Waals surface area contributed by atoms with Crippen molar-refractivity contribution in [1.82, 2.24) is 9.13 Å². The lowest BCUT2D eigenvalue weighted by Gasteiger charge is -2.18.